The number of hydrogen-bond acceptors (Lipinski definition) is 2. The molecule has 0 rings (SSSR count). The standard InChI is InChI=1S/C16H36N2O2S/c1-3-5-7-9-11-13-15-17-21(19,20)18-16-14-12-10-8-6-4-2/h17-18H,3-16H2,1-2H3. The molecule has 0 unspecified atom stereocenters. The van der Waals surface area contributed by atoms with Gasteiger partial charge in [-0.25, -0.2) is 9.44 Å². The largest absolute Gasteiger partial charge is 0.276 e. The van der Waals surface area contributed by atoms with Gasteiger partial charge in [-0.3, -0.25) is 0 Å². The Kier molecular flexibility index (Phi) is 14.7. The van der Waals surface area contributed by atoms with E-state index in [0.717, 1.165) is 25.7 Å². The van der Waals surface area contributed by atoms with E-state index in [1.165, 1.54) is 51.4 Å². The molecule has 0 aromatic carbocycles. The van der Waals surface area contributed by atoms with Crippen LogP contribution in [-0.2, 0) is 10.2 Å². The Morgan fingerprint density at radius 2 is 0.905 bits per heavy atom. The lowest BCUT2D eigenvalue weighted by molar-refractivity contribution is 0.548. The molecule has 0 atom stereocenters. The van der Waals surface area contributed by atoms with E-state index in [4.69, 9.17) is 0 Å². The van der Waals surface area contributed by atoms with E-state index < -0.39 is 10.2 Å². The summed E-state index contributed by atoms with van der Waals surface area (Å²) in [5, 5.41) is 0. The summed E-state index contributed by atoms with van der Waals surface area (Å²) in [5.41, 5.74) is 0. The highest BCUT2D eigenvalue weighted by atomic mass is 32.2. The summed E-state index contributed by atoms with van der Waals surface area (Å²) in [6.07, 6.45) is 14.1. The molecule has 128 valence electrons. The van der Waals surface area contributed by atoms with E-state index in [-0.39, 0.29) is 0 Å². The third-order valence-corrected chi connectivity index (χ3v) is 4.81. The molecule has 0 fully saturated rings. The van der Waals surface area contributed by atoms with Gasteiger partial charge in [0.2, 0.25) is 0 Å². The van der Waals surface area contributed by atoms with Gasteiger partial charge in [-0.1, -0.05) is 78.1 Å². The van der Waals surface area contributed by atoms with E-state index in [9.17, 15) is 8.42 Å². The molecule has 0 saturated heterocycles. The number of hydrogen-bond donors (Lipinski definition) is 2. The van der Waals surface area contributed by atoms with Crippen LogP contribution in [0, 0.1) is 0 Å². The van der Waals surface area contributed by atoms with Crippen LogP contribution in [0.15, 0.2) is 0 Å². The molecule has 0 amide bonds. The van der Waals surface area contributed by atoms with Crippen molar-refractivity contribution in [3.05, 3.63) is 0 Å². The highest BCUT2D eigenvalue weighted by Crippen LogP contribution is 2.05. The Bertz CT molecular complexity index is 281. The van der Waals surface area contributed by atoms with Crippen LogP contribution < -0.4 is 9.44 Å². The summed E-state index contributed by atoms with van der Waals surface area (Å²) >= 11 is 0. The van der Waals surface area contributed by atoms with Crippen molar-refractivity contribution >= 4 is 10.2 Å². The number of unbranched alkanes of at least 4 members (excludes halogenated alkanes) is 10. The second-order valence-electron chi connectivity index (χ2n) is 5.83. The van der Waals surface area contributed by atoms with Gasteiger partial charge in [0.25, 0.3) is 10.2 Å². The smallest absolute Gasteiger partial charge is 0.202 e. The summed E-state index contributed by atoms with van der Waals surface area (Å²) in [5.74, 6) is 0. The fourth-order valence-corrected chi connectivity index (χ4v) is 3.20. The van der Waals surface area contributed by atoms with Gasteiger partial charge in [0.1, 0.15) is 0 Å². The Labute approximate surface area is 132 Å². The van der Waals surface area contributed by atoms with Crippen LogP contribution in [-0.4, -0.2) is 21.5 Å². The van der Waals surface area contributed by atoms with Gasteiger partial charge in [0.05, 0.1) is 0 Å². The zero-order valence-corrected chi connectivity index (χ0v) is 14.9. The second-order valence-corrected chi connectivity index (χ2v) is 7.41. The third-order valence-electron chi connectivity index (χ3n) is 3.64. The highest BCUT2D eigenvalue weighted by Gasteiger charge is 2.06. The summed E-state index contributed by atoms with van der Waals surface area (Å²) in [6.45, 7) is 5.50. The first-order chi connectivity index (χ1) is 10.1. The van der Waals surface area contributed by atoms with Gasteiger partial charge in [0.15, 0.2) is 0 Å². The average molecular weight is 321 g/mol. The van der Waals surface area contributed by atoms with Crippen molar-refractivity contribution in [2.75, 3.05) is 13.1 Å². The molecule has 0 heterocycles. The third kappa shape index (κ3) is 16.1. The minimum atomic E-state index is -3.28. The van der Waals surface area contributed by atoms with Crippen molar-refractivity contribution in [1.29, 1.82) is 0 Å². The van der Waals surface area contributed by atoms with Crippen molar-refractivity contribution in [2.45, 2.75) is 90.9 Å². The van der Waals surface area contributed by atoms with Crippen LogP contribution in [0.5, 0.6) is 0 Å². The maximum Gasteiger partial charge on any atom is 0.276 e. The summed E-state index contributed by atoms with van der Waals surface area (Å²) in [4.78, 5) is 0. The minimum Gasteiger partial charge on any atom is -0.202 e. The molecule has 21 heavy (non-hydrogen) atoms. The Morgan fingerprint density at radius 3 is 1.29 bits per heavy atom. The average Bonchev–Trinajstić information content (AvgIpc) is 2.45. The van der Waals surface area contributed by atoms with Gasteiger partial charge < -0.3 is 0 Å². The van der Waals surface area contributed by atoms with Crippen LogP contribution >= 0.6 is 0 Å². The fourth-order valence-electron chi connectivity index (χ4n) is 2.27. The predicted octanol–water partition coefficient (Wildman–Crippen LogP) is 4.13. The molecule has 0 aliphatic carbocycles. The summed E-state index contributed by atoms with van der Waals surface area (Å²) in [6, 6.07) is 0. The molecule has 0 spiro atoms. The molecule has 0 aliphatic heterocycles. The van der Waals surface area contributed by atoms with Gasteiger partial charge in [-0.2, -0.15) is 8.42 Å². The van der Waals surface area contributed by atoms with Crippen LogP contribution in [0.1, 0.15) is 90.9 Å². The van der Waals surface area contributed by atoms with E-state index in [2.05, 4.69) is 23.3 Å². The van der Waals surface area contributed by atoms with Crippen molar-refractivity contribution in [2.24, 2.45) is 0 Å². The van der Waals surface area contributed by atoms with Crippen LogP contribution in [0.25, 0.3) is 0 Å². The molecule has 0 aromatic rings. The monoisotopic (exact) mass is 320 g/mol. The first kappa shape index (κ1) is 20.9. The molecular weight excluding hydrogens is 284 g/mol. The lowest BCUT2D eigenvalue weighted by atomic mass is 10.1. The lowest BCUT2D eigenvalue weighted by Gasteiger charge is -2.08. The SMILES string of the molecule is CCCCCCCCNS(=O)(=O)NCCCCCCCC. The normalized spacial score (nSPS) is 11.9. The van der Waals surface area contributed by atoms with E-state index in [1.807, 2.05) is 0 Å². The van der Waals surface area contributed by atoms with Gasteiger partial charge in [-0.05, 0) is 12.8 Å². The minimum absolute atomic E-state index is 0.554. The first-order valence-electron chi connectivity index (χ1n) is 8.86. The van der Waals surface area contributed by atoms with Crippen molar-refractivity contribution < 1.29 is 8.42 Å². The molecule has 5 heteroatoms. The topological polar surface area (TPSA) is 58.2 Å². The molecule has 0 aromatic heterocycles. The molecular formula is C16H36N2O2S. The zero-order valence-electron chi connectivity index (χ0n) is 14.1. The quantitative estimate of drug-likeness (QED) is 0.420. The Balaban J connectivity index is 3.39. The van der Waals surface area contributed by atoms with Gasteiger partial charge in [-0.15, -0.1) is 0 Å². The van der Waals surface area contributed by atoms with Crippen LogP contribution in [0.3, 0.4) is 0 Å². The van der Waals surface area contributed by atoms with Gasteiger partial charge in [0, 0.05) is 13.1 Å². The predicted molar refractivity (Wildman–Crippen MR) is 91.7 cm³/mol. The Morgan fingerprint density at radius 1 is 0.571 bits per heavy atom. The van der Waals surface area contributed by atoms with E-state index >= 15 is 0 Å². The molecule has 0 radical (unpaired) electrons. The molecule has 2 N–H and O–H groups in total. The number of nitrogens with one attached hydrogen (secondary N) is 2. The second kappa shape index (κ2) is 14.8. The highest BCUT2D eigenvalue weighted by molar-refractivity contribution is 7.87. The summed E-state index contributed by atoms with van der Waals surface area (Å²) in [7, 11) is -3.28. The fraction of sp³-hybridized carbons (Fsp3) is 1.00. The molecule has 0 aliphatic rings. The molecule has 4 nitrogen and oxygen atoms in total. The Hall–Kier alpha value is -0.130. The maximum atomic E-state index is 11.7. The van der Waals surface area contributed by atoms with Crippen molar-refractivity contribution in [3.63, 3.8) is 0 Å². The van der Waals surface area contributed by atoms with E-state index in [1.54, 1.807) is 0 Å². The summed E-state index contributed by atoms with van der Waals surface area (Å²) < 4.78 is 28.6. The van der Waals surface area contributed by atoms with Crippen molar-refractivity contribution in [3.8, 4) is 0 Å². The van der Waals surface area contributed by atoms with Crippen LogP contribution in [0.2, 0.25) is 0 Å². The first-order valence-corrected chi connectivity index (χ1v) is 10.3. The molecule has 0 bridgehead atoms. The van der Waals surface area contributed by atoms with E-state index in [0.29, 0.717) is 13.1 Å². The molecule has 0 saturated carbocycles. The lowest BCUT2D eigenvalue weighted by Crippen LogP contribution is -2.37. The van der Waals surface area contributed by atoms with Crippen molar-refractivity contribution in [1.82, 2.24) is 9.44 Å². The number of rotatable bonds is 16. The van der Waals surface area contributed by atoms with Crippen LogP contribution in [0.4, 0.5) is 0 Å². The zero-order chi connectivity index (χ0) is 15.8. The maximum absolute atomic E-state index is 11.7. The van der Waals surface area contributed by atoms with Gasteiger partial charge >= 0.3 is 0 Å².